The number of hydrogen-bond acceptors (Lipinski definition) is 5. The molecule has 0 saturated carbocycles. The van der Waals surface area contributed by atoms with Crippen molar-refractivity contribution in [3.8, 4) is 0 Å². The Morgan fingerprint density at radius 1 is 1.14 bits per heavy atom. The highest BCUT2D eigenvalue weighted by atomic mass is 32.2. The summed E-state index contributed by atoms with van der Waals surface area (Å²) in [6.07, 6.45) is 3.04. The van der Waals surface area contributed by atoms with Crippen LogP contribution in [0.4, 0.5) is 5.82 Å². The van der Waals surface area contributed by atoms with E-state index < -0.39 is 10.0 Å². The van der Waals surface area contributed by atoms with E-state index in [9.17, 15) is 8.42 Å². The highest BCUT2D eigenvalue weighted by molar-refractivity contribution is 7.88. The molecule has 3 heterocycles. The standard InChI is InChI=1S/C15H24N4O2S/c1-17-9-11-18(12-10-17)15-7-3-5-13(16-15)14-6-4-8-19(14)22(2,20)21/h3,5,7,14H,4,6,8-12H2,1-2H3. The highest BCUT2D eigenvalue weighted by Gasteiger charge is 2.33. The van der Waals surface area contributed by atoms with Crippen molar-refractivity contribution >= 4 is 15.8 Å². The lowest BCUT2D eigenvalue weighted by Crippen LogP contribution is -2.44. The molecule has 2 aliphatic rings. The largest absolute Gasteiger partial charge is 0.354 e. The Labute approximate surface area is 132 Å². The van der Waals surface area contributed by atoms with Crippen LogP contribution in [0.2, 0.25) is 0 Å². The van der Waals surface area contributed by atoms with E-state index in [0.29, 0.717) is 6.54 Å². The topological polar surface area (TPSA) is 56.8 Å². The summed E-state index contributed by atoms with van der Waals surface area (Å²) in [5, 5.41) is 0. The van der Waals surface area contributed by atoms with Crippen LogP contribution in [0.3, 0.4) is 0 Å². The number of nitrogens with zero attached hydrogens (tertiary/aromatic N) is 4. The maximum atomic E-state index is 11.9. The molecule has 1 aromatic heterocycles. The van der Waals surface area contributed by atoms with Crippen LogP contribution in [-0.2, 0) is 10.0 Å². The first kappa shape index (κ1) is 15.7. The van der Waals surface area contributed by atoms with Crippen LogP contribution in [0.5, 0.6) is 0 Å². The van der Waals surface area contributed by atoms with Gasteiger partial charge in [0.05, 0.1) is 18.0 Å². The summed E-state index contributed by atoms with van der Waals surface area (Å²) < 4.78 is 25.4. The zero-order chi connectivity index (χ0) is 15.7. The molecule has 2 fully saturated rings. The molecule has 0 radical (unpaired) electrons. The summed E-state index contributed by atoms with van der Waals surface area (Å²) in [5.41, 5.74) is 0.874. The van der Waals surface area contributed by atoms with Gasteiger partial charge >= 0.3 is 0 Å². The number of sulfonamides is 1. The second kappa shape index (κ2) is 6.14. The zero-order valence-electron chi connectivity index (χ0n) is 13.3. The molecular weight excluding hydrogens is 300 g/mol. The van der Waals surface area contributed by atoms with Crippen molar-refractivity contribution in [3.05, 3.63) is 23.9 Å². The van der Waals surface area contributed by atoms with E-state index in [4.69, 9.17) is 4.98 Å². The predicted molar refractivity (Wildman–Crippen MR) is 87.5 cm³/mol. The van der Waals surface area contributed by atoms with Crippen molar-refractivity contribution in [2.24, 2.45) is 0 Å². The van der Waals surface area contributed by atoms with Gasteiger partial charge in [0.15, 0.2) is 0 Å². The molecule has 0 N–H and O–H groups in total. The normalized spacial score (nSPS) is 24.8. The average Bonchev–Trinajstić information content (AvgIpc) is 2.98. The van der Waals surface area contributed by atoms with Crippen LogP contribution >= 0.6 is 0 Å². The zero-order valence-corrected chi connectivity index (χ0v) is 14.1. The molecule has 0 amide bonds. The summed E-state index contributed by atoms with van der Waals surface area (Å²) in [7, 11) is -1.04. The fraction of sp³-hybridized carbons (Fsp3) is 0.667. The molecule has 122 valence electrons. The molecular formula is C15H24N4O2S. The molecule has 7 heteroatoms. The molecule has 1 atom stereocenters. The number of likely N-dealkylation sites (N-methyl/N-ethyl adjacent to an activating group) is 1. The Bertz CT molecular complexity index is 626. The summed E-state index contributed by atoms with van der Waals surface area (Å²) in [6, 6.07) is 5.86. The fourth-order valence-corrected chi connectivity index (χ4v) is 4.41. The summed E-state index contributed by atoms with van der Waals surface area (Å²) in [5.74, 6) is 0.964. The molecule has 1 unspecified atom stereocenters. The van der Waals surface area contributed by atoms with Crippen molar-refractivity contribution < 1.29 is 8.42 Å². The van der Waals surface area contributed by atoms with Gasteiger partial charge in [0, 0.05) is 32.7 Å². The first-order valence-corrected chi connectivity index (χ1v) is 9.67. The van der Waals surface area contributed by atoms with E-state index in [1.54, 1.807) is 4.31 Å². The summed E-state index contributed by atoms with van der Waals surface area (Å²) in [4.78, 5) is 9.36. The van der Waals surface area contributed by atoms with Crippen LogP contribution in [0, 0.1) is 0 Å². The van der Waals surface area contributed by atoms with Gasteiger partial charge in [-0.3, -0.25) is 0 Å². The molecule has 1 aromatic rings. The maximum absolute atomic E-state index is 11.9. The fourth-order valence-electron chi connectivity index (χ4n) is 3.27. The van der Waals surface area contributed by atoms with E-state index in [1.165, 1.54) is 6.26 Å². The molecule has 22 heavy (non-hydrogen) atoms. The van der Waals surface area contributed by atoms with Gasteiger partial charge in [-0.05, 0) is 32.0 Å². The number of anilines is 1. The van der Waals surface area contributed by atoms with Gasteiger partial charge < -0.3 is 9.80 Å². The number of piperazine rings is 1. The van der Waals surface area contributed by atoms with Gasteiger partial charge in [0.2, 0.25) is 10.0 Å². The van der Waals surface area contributed by atoms with Gasteiger partial charge in [-0.15, -0.1) is 0 Å². The molecule has 0 aliphatic carbocycles. The predicted octanol–water partition coefficient (Wildman–Crippen LogP) is 0.930. The summed E-state index contributed by atoms with van der Waals surface area (Å²) in [6.45, 7) is 4.60. The van der Waals surface area contributed by atoms with Crippen molar-refractivity contribution in [3.63, 3.8) is 0 Å². The van der Waals surface area contributed by atoms with Gasteiger partial charge in [-0.1, -0.05) is 6.07 Å². The number of aromatic nitrogens is 1. The molecule has 0 bridgehead atoms. The van der Waals surface area contributed by atoms with E-state index in [-0.39, 0.29) is 6.04 Å². The number of hydrogen-bond donors (Lipinski definition) is 0. The second-order valence-corrected chi connectivity index (χ2v) is 8.18. The lowest BCUT2D eigenvalue weighted by molar-refractivity contribution is 0.311. The lowest BCUT2D eigenvalue weighted by Gasteiger charge is -2.33. The molecule has 0 spiro atoms. The third-order valence-corrected chi connectivity index (χ3v) is 5.84. The minimum atomic E-state index is -3.17. The Hall–Kier alpha value is -1.18. The molecule has 2 aliphatic heterocycles. The van der Waals surface area contributed by atoms with Crippen LogP contribution in [0.1, 0.15) is 24.6 Å². The van der Waals surface area contributed by atoms with Gasteiger partial charge in [-0.2, -0.15) is 4.31 Å². The smallest absolute Gasteiger partial charge is 0.211 e. The van der Waals surface area contributed by atoms with E-state index in [0.717, 1.165) is 50.5 Å². The monoisotopic (exact) mass is 324 g/mol. The van der Waals surface area contributed by atoms with Crippen molar-refractivity contribution in [2.75, 3.05) is 50.9 Å². The summed E-state index contributed by atoms with van der Waals surface area (Å²) >= 11 is 0. The SMILES string of the molecule is CN1CCN(c2cccc(C3CCCN3S(C)(=O)=O)n2)CC1. The third kappa shape index (κ3) is 3.26. The van der Waals surface area contributed by atoms with E-state index >= 15 is 0 Å². The Balaban J connectivity index is 1.82. The maximum Gasteiger partial charge on any atom is 0.211 e. The van der Waals surface area contributed by atoms with Crippen LogP contribution in [0.25, 0.3) is 0 Å². The minimum absolute atomic E-state index is 0.109. The first-order chi connectivity index (χ1) is 10.4. The van der Waals surface area contributed by atoms with Crippen LogP contribution in [0.15, 0.2) is 18.2 Å². The Morgan fingerprint density at radius 3 is 2.55 bits per heavy atom. The van der Waals surface area contributed by atoms with E-state index in [1.807, 2.05) is 18.2 Å². The average molecular weight is 324 g/mol. The molecule has 6 nitrogen and oxygen atoms in total. The quantitative estimate of drug-likeness (QED) is 0.828. The van der Waals surface area contributed by atoms with Crippen molar-refractivity contribution in [2.45, 2.75) is 18.9 Å². The Kier molecular flexibility index (Phi) is 4.38. The Morgan fingerprint density at radius 2 is 1.86 bits per heavy atom. The third-order valence-electron chi connectivity index (χ3n) is 4.55. The number of pyridine rings is 1. The van der Waals surface area contributed by atoms with Gasteiger partial charge in [0.25, 0.3) is 0 Å². The molecule has 3 rings (SSSR count). The molecule has 0 aromatic carbocycles. The van der Waals surface area contributed by atoms with E-state index in [2.05, 4.69) is 16.8 Å². The first-order valence-electron chi connectivity index (χ1n) is 7.82. The highest BCUT2D eigenvalue weighted by Crippen LogP contribution is 2.33. The van der Waals surface area contributed by atoms with Crippen molar-refractivity contribution in [1.82, 2.24) is 14.2 Å². The lowest BCUT2D eigenvalue weighted by atomic mass is 10.1. The van der Waals surface area contributed by atoms with Crippen LogP contribution < -0.4 is 4.90 Å². The van der Waals surface area contributed by atoms with Gasteiger partial charge in [0.1, 0.15) is 5.82 Å². The number of rotatable bonds is 3. The second-order valence-electron chi connectivity index (χ2n) is 6.24. The molecule has 2 saturated heterocycles. The van der Waals surface area contributed by atoms with Gasteiger partial charge in [-0.25, -0.2) is 13.4 Å². The minimum Gasteiger partial charge on any atom is -0.354 e. The van der Waals surface area contributed by atoms with Crippen LogP contribution in [-0.4, -0.2) is 68.6 Å². The van der Waals surface area contributed by atoms with Crippen molar-refractivity contribution in [1.29, 1.82) is 0 Å².